The van der Waals surface area contributed by atoms with Gasteiger partial charge in [-0.15, -0.1) is 0 Å². The summed E-state index contributed by atoms with van der Waals surface area (Å²) in [5, 5.41) is 33.7. The molecule has 0 saturated carbocycles. The predicted octanol–water partition coefficient (Wildman–Crippen LogP) is 3.83. The molecule has 2 unspecified atom stereocenters. The molecule has 212 valence electrons. The molecule has 0 fully saturated rings. The number of aliphatic hydroxyl groups is 1. The van der Waals surface area contributed by atoms with Crippen LogP contribution in [0.3, 0.4) is 0 Å². The molecule has 0 aliphatic carbocycles. The quantitative estimate of drug-likeness (QED) is 0.201. The number of benzene rings is 2. The zero-order valence-electron chi connectivity index (χ0n) is 22.7. The zero-order valence-corrected chi connectivity index (χ0v) is 23.5. The van der Waals surface area contributed by atoms with Crippen LogP contribution in [0, 0.1) is 11.8 Å². The highest BCUT2D eigenvalue weighted by atomic mass is 32.2. The summed E-state index contributed by atoms with van der Waals surface area (Å²) in [5.41, 5.74) is 1.76. The van der Waals surface area contributed by atoms with Gasteiger partial charge in [-0.2, -0.15) is 4.31 Å². The fourth-order valence-electron chi connectivity index (χ4n) is 4.30. The molecule has 0 radical (unpaired) electrons. The first-order valence-corrected chi connectivity index (χ1v) is 14.4. The first-order valence-electron chi connectivity index (χ1n) is 12.9. The minimum atomic E-state index is -4.10. The van der Waals surface area contributed by atoms with Crippen molar-refractivity contribution in [2.45, 2.75) is 51.2 Å². The lowest BCUT2D eigenvalue weighted by Gasteiger charge is -2.30. The Bertz CT molecular complexity index is 1390. The fraction of sp³-hybridized carbons (Fsp3) is 0.429. The number of fused-ring (bicyclic) bond motifs is 1. The number of aliphatic hydroxyl groups excluding tert-OH is 1. The lowest BCUT2D eigenvalue weighted by Crippen LogP contribution is -2.50. The highest BCUT2D eigenvalue weighted by Gasteiger charge is 2.31. The number of H-pyrrole nitrogens is 1. The van der Waals surface area contributed by atoms with Gasteiger partial charge in [0.1, 0.15) is 0 Å². The Kier molecular flexibility index (Phi) is 10.1. The molecular formula is C28H38N4O6S. The topological polar surface area (TPSA) is 155 Å². The fourth-order valence-corrected chi connectivity index (χ4v) is 5.94. The van der Waals surface area contributed by atoms with Gasteiger partial charge in [0.05, 0.1) is 22.6 Å². The summed E-state index contributed by atoms with van der Waals surface area (Å²) in [4.78, 5) is 18.7. The summed E-state index contributed by atoms with van der Waals surface area (Å²) in [6.07, 6.45) is -0.894. The summed E-state index contributed by atoms with van der Waals surface area (Å²) < 4.78 is 28.9. The Morgan fingerprint density at radius 2 is 1.77 bits per heavy atom. The number of hydrogen-bond donors (Lipinski definition) is 5. The van der Waals surface area contributed by atoms with Crippen molar-refractivity contribution in [2.75, 3.05) is 19.6 Å². The molecule has 0 spiro atoms. The molecule has 1 amide bonds. The number of hydrogen-bond acceptors (Lipinski definition) is 6. The number of aliphatic imine (C=N–C) groups is 1. The Morgan fingerprint density at radius 1 is 1.08 bits per heavy atom. The van der Waals surface area contributed by atoms with Crippen molar-refractivity contribution in [3.8, 4) is 5.88 Å². The lowest BCUT2D eigenvalue weighted by molar-refractivity contribution is 0.0980. The maximum atomic E-state index is 13.8. The van der Waals surface area contributed by atoms with E-state index in [1.807, 2.05) is 58.0 Å². The van der Waals surface area contributed by atoms with E-state index in [-0.39, 0.29) is 36.2 Å². The minimum absolute atomic E-state index is 0.00818. The van der Waals surface area contributed by atoms with Crippen LogP contribution in [0.5, 0.6) is 5.88 Å². The molecule has 0 aliphatic heterocycles. The standard InChI is InChI=1S/C28H38N4O6S/c1-18(2)14-29-15-23-22-13-21(10-11-24(22)30-27(23)34)39(37,38)32(16-19(3)4)17-26(33)25(31-28(35)36)12-20-8-6-5-7-9-20/h5-11,13,15,18-19,25-26,30-31,33-34H,12,14,16-17H2,1-4H3,(H,35,36). The number of amides is 1. The van der Waals surface area contributed by atoms with Crippen LogP contribution in [0.4, 0.5) is 4.79 Å². The summed E-state index contributed by atoms with van der Waals surface area (Å²) in [6, 6.07) is 12.7. The van der Waals surface area contributed by atoms with E-state index in [0.29, 0.717) is 28.9 Å². The second kappa shape index (κ2) is 13.1. The largest absolute Gasteiger partial charge is 0.494 e. The Balaban J connectivity index is 1.94. The maximum Gasteiger partial charge on any atom is 0.404 e. The number of aromatic amines is 1. The van der Waals surface area contributed by atoms with Crippen LogP contribution in [-0.2, 0) is 16.4 Å². The predicted molar refractivity (Wildman–Crippen MR) is 152 cm³/mol. The molecule has 39 heavy (non-hydrogen) atoms. The molecule has 5 N–H and O–H groups in total. The second-order valence-corrected chi connectivity index (χ2v) is 12.4. The Morgan fingerprint density at radius 3 is 2.38 bits per heavy atom. The SMILES string of the molecule is CC(C)CN=Cc1c(O)[nH]c2ccc(S(=O)(=O)N(CC(C)C)CC(O)C(Cc3ccccc3)NC(=O)O)cc12. The van der Waals surface area contributed by atoms with Gasteiger partial charge < -0.3 is 25.6 Å². The van der Waals surface area contributed by atoms with E-state index >= 15 is 0 Å². The number of aromatic nitrogens is 1. The first-order chi connectivity index (χ1) is 18.4. The Labute approximate surface area is 229 Å². The van der Waals surface area contributed by atoms with Crippen molar-refractivity contribution in [3.63, 3.8) is 0 Å². The average molecular weight is 559 g/mol. The summed E-state index contributed by atoms with van der Waals surface area (Å²) >= 11 is 0. The van der Waals surface area contributed by atoms with Crippen molar-refractivity contribution in [2.24, 2.45) is 16.8 Å². The molecule has 3 aromatic rings. The average Bonchev–Trinajstić information content (AvgIpc) is 3.17. The molecule has 11 heteroatoms. The third-order valence-electron chi connectivity index (χ3n) is 6.15. The normalized spacial score (nSPS) is 14.1. The summed E-state index contributed by atoms with van der Waals surface area (Å²) in [7, 11) is -4.10. The van der Waals surface area contributed by atoms with Crippen molar-refractivity contribution >= 4 is 33.2 Å². The van der Waals surface area contributed by atoms with E-state index < -0.39 is 28.3 Å². The van der Waals surface area contributed by atoms with E-state index in [9.17, 15) is 28.5 Å². The first kappa shape index (κ1) is 30.1. The van der Waals surface area contributed by atoms with Crippen LogP contribution in [0.25, 0.3) is 10.9 Å². The third-order valence-corrected chi connectivity index (χ3v) is 7.98. The maximum absolute atomic E-state index is 13.8. The number of carboxylic acid groups (broad SMARTS) is 1. The van der Waals surface area contributed by atoms with Gasteiger partial charge in [0.2, 0.25) is 10.0 Å². The molecule has 0 aliphatic rings. The second-order valence-electron chi connectivity index (χ2n) is 10.5. The highest BCUT2D eigenvalue weighted by molar-refractivity contribution is 7.89. The number of carbonyl (C=O) groups is 1. The zero-order chi connectivity index (χ0) is 28.7. The summed E-state index contributed by atoms with van der Waals surface area (Å²) in [5.74, 6) is 0.151. The number of aromatic hydroxyl groups is 1. The van der Waals surface area contributed by atoms with E-state index in [1.54, 1.807) is 6.07 Å². The number of sulfonamides is 1. The van der Waals surface area contributed by atoms with Gasteiger partial charge in [0.25, 0.3) is 0 Å². The van der Waals surface area contributed by atoms with E-state index in [2.05, 4.69) is 15.3 Å². The molecule has 2 atom stereocenters. The van der Waals surface area contributed by atoms with Crippen molar-refractivity contribution in [3.05, 3.63) is 59.7 Å². The van der Waals surface area contributed by atoms with Gasteiger partial charge in [-0.25, -0.2) is 13.2 Å². The van der Waals surface area contributed by atoms with Crippen LogP contribution in [-0.4, -0.2) is 77.1 Å². The molecule has 2 aromatic carbocycles. The van der Waals surface area contributed by atoms with Gasteiger partial charge in [0, 0.05) is 36.8 Å². The Hall–Kier alpha value is -3.41. The smallest absolute Gasteiger partial charge is 0.404 e. The van der Waals surface area contributed by atoms with E-state index in [0.717, 1.165) is 5.56 Å². The molecule has 1 aromatic heterocycles. The van der Waals surface area contributed by atoms with Gasteiger partial charge in [-0.05, 0) is 42.0 Å². The van der Waals surface area contributed by atoms with Crippen molar-refractivity contribution in [1.29, 1.82) is 0 Å². The van der Waals surface area contributed by atoms with Crippen LogP contribution < -0.4 is 5.32 Å². The van der Waals surface area contributed by atoms with E-state index in [1.165, 1.54) is 22.7 Å². The van der Waals surface area contributed by atoms with Gasteiger partial charge >= 0.3 is 6.09 Å². The molecule has 10 nitrogen and oxygen atoms in total. The molecule has 1 heterocycles. The summed E-state index contributed by atoms with van der Waals surface area (Å²) in [6.45, 7) is 8.13. The molecular weight excluding hydrogens is 520 g/mol. The lowest BCUT2D eigenvalue weighted by atomic mass is 10.0. The van der Waals surface area contributed by atoms with Crippen LogP contribution in [0.1, 0.15) is 38.8 Å². The van der Waals surface area contributed by atoms with Crippen molar-refractivity contribution in [1.82, 2.24) is 14.6 Å². The minimum Gasteiger partial charge on any atom is -0.494 e. The van der Waals surface area contributed by atoms with E-state index in [4.69, 9.17) is 0 Å². The molecule has 0 bridgehead atoms. The molecule has 3 rings (SSSR count). The van der Waals surface area contributed by atoms with Crippen LogP contribution in [0.15, 0.2) is 58.4 Å². The van der Waals surface area contributed by atoms with Crippen LogP contribution in [0.2, 0.25) is 0 Å². The number of nitrogens with one attached hydrogen (secondary N) is 2. The van der Waals surface area contributed by atoms with Crippen molar-refractivity contribution < 1.29 is 28.5 Å². The molecule has 0 saturated heterocycles. The third kappa shape index (κ3) is 8.04. The highest BCUT2D eigenvalue weighted by Crippen LogP contribution is 2.29. The van der Waals surface area contributed by atoms with Gasteiger partial charge in [0.15, 0.2) is 5.88 Å². The van der Waals surface area contributed by atoms with Gasteiger partial charge in [-0.1, -0.05) is 58.0 Å². The number of rotatable bonds is 13. The van der Waals surface area contributed by atoms with Crippen LogP contribution >= 0.6 is 0 Å². The number of nitrogens with zero attached hydrogens (tertiary/aromatic N) is 2. The van der Waals surface area contributed by atoms with Gasteiger partial charge in [-0.3, -0.25) is 4.99 Å². The monoisotopic (exact) mass is 558 g/mol.